The molecule has 0 spiro atoms. The molecule has 0 bridgehead atoms. The molecule has 1 aliphatic carbocycles. The van der Waals surface area contributed by atoms with Gasteiger partial charge in [-0.2, -0.15) is 0 Å². The van der Waals surface area contributed by atoms with Crippen LogP contribution in [0.15, 0.2) is 18.3 Å². The molecule has 1 N–H and O–H groups in total. The fourth-order valence-electron chi connectivity index (χ4n) is 2.89. The van der Waals surface area contributed by atoms with E-state index in [-0.39, 0.29) is 6.61 Å². The zero-order valence-corrected chi connectivity index (χ0v) is 9.88. The van der Waals surface area contributed by atoms with Gasteiger partial charge in [-0.1, -0.05) is 6.07 Å². The van der Waals surface area contributed by atoms with Gasteiger partial charge in [-0.05, 0) is 30.9 Å². The van der Waals surface area contributed by atoms with E-state index in [4.69, 9.17) is 9.84 Å². The molecule has 2 heterocycles. The standard InChI is InChI=1S/C13H18N2O2/c16-9-10-4-5-13(14-8-10)15-6-7-17-12-3-1-2-11(12)15/h4-5,8,11-12,16H,1-3,6-7,9H2. The van der Waals surface area contributed by atoms with E-state index in [1.54, 1.807) is 6.20 Å². The number of aliphatic hydroxyl groups is 1. The molecule has 1 aromatic rings. The number of hydrogen-bond acceptors (Lipinski definition) is 4. The zero-order valence-electron chi connectivity index (χ0n) is 9.88. The van der Waals surface area contributed by atoms with Crippen molar-refractivity contribution in [2.45, 2.75) is 38.0 Å². The van der Waals surface area contributed by atoms with E-state index in [2.05, 4.69) is 9.88 Å². The monoisotopic (exact) mass is 234 g/mol. The van der Waals surface area contributed by atoms with Crippen molar-refractivity contribution in [2.24, 2.45) is 0 Å². The Morgan fingerprint density at radius 2 is 2.35 bits per heavy atom. The number of aliphatic hydroxyl groups excluding tert-OH is 1. The van der Waals surface area contributed by atoms with Crippen LogP contribution in [0.3, 0.4) is 0 Å². The number of ether oxygens (including phenoxy) is 1. The average molecular weight is 234 g/mol. The van der Waals surface area contributed by atoms with Gasteiger partial charge in [-0.25, -0.2) is 4.98 Å². The van der Waals surface area contributed by atoms with E-state index in [0.717, 1.165) is 24.5 Å². The fourth-order valence-corrected chi connectivity index (χ4v) is 2.89. The van der Waals surface area contributed by atoms with Crippen LogP contribution in [0, 0.1) is 0 Å². The quantitative estimate of drug-likeness (QED) is 0.838. The summed E-state index contributed by atoms with van der Waals surface area (Å²) >= 11 is 0. The summed E-state index contributed by atoms with van der Waals surface area (Å²) in [6.07, 6.45) is 5.78. The predicted octanol–water partition coefficient (Wildman–Crippen LogP) is 1.33. The Hall–Kier alpha value is -1.13. The molecule has 92 valence electrons. The molecule has 2 aliphatic rings. The van der Waals surface area contributed by atoms with E-state index in [1.807, 2.05) is 12.1 Å². The van der Waals surface area contributed by atoms with Gasteiger partial charge in [-0.15, -0.1) is 0 Å². The van der Waals surface area contributed by atoms with Crippen molar-refractivity contribution in [3.63, 3.8) is 0 Å². The van der Waals surface area contributed by atoms with Gasteiger partial charge in [0.05, 0.1) is 25.4 Å². The Labute approximate surface area is 101 Å². The number of pyridine rings is 1. The van der Waals surface area contributed by atoms with Crippen LogP contribution >= 0.6 is 0 Å². The minimum Gasteiger partial charge on any atom is -0.392 e. The first-order valence-electron chi connectivity index (χ1n) is 6.32. The smallest absolute Gasteiger partial charge is 0.128 e. The van der Waals surface area contributed by atoms with Gasteiger partial charge in [-0.3, -0.25) is 0 Å². The van der Waals surface area contributed by atoms with Crippen molar-refractivity contribution >= 4 is 5.82 Å². The molecule has 0 aromatic carbocycles. The molecule has 4 nitrogen and oxygen atoms in total. The maximum atomic E-state index is 9.02. The van der Waals surface area contributed by atoms with E-state index in [1.165, 1.54) is 19.3 Å². The third kappa shape index (κ3) is 2.03. The second-order valence-corrected chi connectivity index (χ2v) is 4.78. The maximum Gasteiger partial charge on any atom is 0.128 e. The predicted molar refractivity (Wildman–Crippen MR) is 64.9 cm³/mol. The number of fused-ring (bicyclic) bond motifs is 1. The van der Waals surface area contributed by atoms with Gasteiger partial charge in [0.15, 0.2) is 0 Å². The average Bonchev–Trinajstić information content (AvgIpc) is 2.87. The van der Waals surface area contributed by atoms with Crippen LogP contribution in [-0.2, 0) is 11.3 Å². The van der Waals surface area contributed by atoms with Crippen molar-refractivity contribution < 1.29 is 9.84 Å². The fraction of sp³-hybridized carbons (Fsp3) is 0.615. The third-order valence-corrected chi connectivity index (χ3v) is 3.77. The molecule has 2 fully saturated rings. The third-order valence-electron chi connectivity index (χ3n) is 3.77. The lowest BCUT2D eigenvalue weighted by atomic mass is 10.1. The molecule has 1 saturated carbocycles. The lowest BCUT2D eigenvalue weighted by molar-refractivity contribution is 0.0253. The summed E-state index contributed by atoms with van der Waals surface area (Å²) in [5.74, 6) is 1.02. The molecular formula is C13H18N2O2. The first-order valence-corrected chi connectivity index (χ1v) is 6.32. The molecule has 4 heteroatoms. The van der Waals surface area contributed by atoms with E-state index in [0.29, 0.717) is 12.1 Å². The molecular weight excluding hydrogens is 216 g/mol. The number of rotatable bonds is 2. The van der Waals surface area contributed by atoms with E-state index in [9.17, 15) is 0 Å². The van der Waals surface area contributed by atoms with Crippen LogP contribution in [0.25, 0.3) is 0 Å². The molecule has 3 rings (SSSR count). The van der Waals surface area contributed by atoms with Crippen LogP contribution in [0.1, 0.15) is 24.8 Å². The number of hydrogen-bond donors (Lipinski definition) is 1. The van der Waals surface area contributed by atoms with Gasteiger partial charge in [0.25, 0.3) is 0 Å². The van der Waals surface area contributed by atoms with Crippen molar-refractivity contribution in [3.8, 4) is 0 Å². The number of nitrogens with zero attached hydrogens (tertiary/aromatic N) is 2. The Morgan fingerprint density at radius 1 is 1.41 bits per heavy atom. The highest BCUT2D eigenvalue weighted by Gasteiger charge is 2.36. The van der Waals surface area contributed by atoms with Crippen LogP contribution < -0.4 is 4.90 Å². The Kier molecular flexibility index (Phi) is 2.99. The summed E-state index contributed by atoms with van der Waals surface area (Å²) < 4.78 is 5.79. The zero-order chi connectivity index (χ0) is 11.7. The van der Waals surface area contributed by atoms with Crippen molar-refractivity contribution in [3.05, 3.63) is 23.9 Å². The lowest BCUT2D eigenvalue weighted by Crippen LogP contribution is -2.49. The molecule has 17 heavy (non-hydrogen) atoms. The molecule has 0 radical (unpaired) electrons. The SMILES string of the molecule is OCc1ccc(N2CCOC3CCCC32)nc1. The Bertz CT molecular complexity index is 380. The molecule has 2 atom stereocenters. The molecule has 1 aliphatic heterocycles. The van der Waals surface area contributed by atoms with Crippen LogP contribution in [0.4, 0.5) is 5.82 Å². The molecule has 1 saturated heterocycles. The van der Waals surface area contributed by atoms with E-state index >= 15 is 0 Å². The summed E-state index contributed by atoms with van der Waals surface area (Å²) in [5.41, 5.74) is 0.866. The highest BCUT2D eigenvalue weighted by atomic mass is 16.5. The highest BCUT2D eigenvalue weighted by Crippen LogP contribution is 2.32. The largest absolute Gasteiger partial charge is 0.392 e. The van der Waals surface area contributed by atoms with Crippen LogP contribution in [0.5, 0.6) is 0 Å². The summed E-state index contributed by atoms with van der Waals surface area (Å²) in [4.78, 5) is 6.81. The van der Waals surface area contributed by atoms with Crippen LogP contribution in [-0.4, -0.2) is 35.4 Å². The van der Waals surface area contributed by atoms with Crippen molar-refractivity contribution in [2.75, 3.05) is 18.1 Å². The highest BCUT2D eigenvalue weighted by molar-refractivity contribution is 5.42. The summed E-state index contributed by atoms with van der Waals surface area (Å²) in [6.45, 7) is 1.78. The topological polar surface area (TPSA) is 45.6 Å². The number of morpholine rings is 1. The minimum absolute atomic E-state index is 0.0580. The normalized spacial score (nSPS) is 28.2. The van der Waals surface area contributed by atoms with Gasteiger partial charge >= 0.3 is 0 Å². The van der Waals surface area contributed by atoms with Gasteiger partial charge in [0, 0.05) is 12.7 Å². The van der Waals surface area contributed by atoms with Crippen molar-refractivity contribution in [1.82, 2.24) is 4.98 Å². The lowest BCUT2D eigenvalue weighted by Gasteiger charge is -2.38. The van der Waals surface area contributed by atoms with Gasteiger partial charge < -0.3 is 14.7 Å². The summed E-state index contributed by atoms with van der Waals surface area (Å²) in [7, 11) is 0. The number of anilines is 1. The number of aromatic nitrogens is 1. The summed E-state index contributed by atoms with van der Waals surface area (Å²) in [5, 5.41) is 9.02. The maximum absolute atomic E-state index is 9.02. The van der Waals surface area contributed by atoms with Crippen molar-refractivity contribution in [1.29, 1.82) is 0 Å². The molecule has 0 amide bonds. The summed E-state index contributed by atoms with van der Waals surface area (Å²) in [6, 6.07) is 4.45. The molecule has 1 aromatic heterocycles. The van der Waals surface area contributed by atoms with Crippen LogP contribution in [0.2, 0.25) is 0 Å². The second kappa shape index (κ2) is 4.63. The van der Waals surface area contributed by atoms with E-state index < -0.39 is 0 Å². The Morgan fingerprint density at radius 3 is 3.12 bits per heavy atom. The minimum atomic E-state index is 0.0580. The second-order valence-electron chi connectivity index (χ2n) is 4.78. The first kappa shape index (κ1) is 11.0. The Balaban J connectivity index is 1.81. The van der Waals surface area contributed by atoms with Gasteiger partial charge in [0.2, 0.25) is 0 Å². The van der Waals surface area contributed by atoms with Gasteiger partial charge in [0.1, 0.15) is 5.82 Å². The first-order chi connectivity index (χ1) is 8.38. The molecule has 2 unspecified atom stereocenters.